The van der Waals surface area contributed by atoms with E-state index >= 15 is 0 Å². The van der Waals surface area contributed by atoms with Crippen molar-refractivity contribution in [2.75, 3.05) is 0 Å². The lowest BCUT2D eigenvalue weighted by Crippen LogP contribution is -2.47. The third kappa shape index (κ3) is 4.14. The van der Waals surface area contributed by atoms with Crippen LogP contribution in [0.3, 0.4) is 0 Å². The maximum Gasteiger partial charge on any atom is 0.0475 e. The Morgan fingerprint density at radius 3 is 2.41 bits per heavy atom. The second kappa shape index (κ2) is 7.93. The van der Waals surface area contributed by atoms with Crippen LogP contribution >= 0.6 is 24.8 Å². The zero-order valence-electron chi connectivity index (χ0n) is 10.1. The van der Waals surface area contributed by atoms with Gasteiger partial charge in [-0.3, -0.25) is 0 Å². The van der Waals surface area contributed by atoms with Gasteiger partial charge in [-0.15, -0.1) is 24.8 Å². The molecule has 0 saturated carbocycles. The Hall–Kier alpha value is -0.280. The molecular formula is C13H22Cl2N2. The monoisotopic (exact) mass is 276 g/mol. The summed E-state index contributed by atoms with van der Waals surface area (Å²) in [5.41, 5.74) is 7.49. The molecule has 4 heteroatoms. The molecule has 0 aromatic heterocycles. The average Bonchev–Trinajstić information content (AvgIpc) is 2.31. The van der Waals surface area contributed by atoms with E-state index in [1.165, 1.54) is 18.4 Å². The molecule has 0 unspecified atom stereocenters. The molecule has 1 aliphatic heterocycles. The van der Waals surface area contributed by atoms with Gasteiger partial charge >= 0.3 is 0 Å². The summed E-state index contributed by atoms with van der Waals surface area (Å²) in [6, 6.07) is 11.8. The highest BCUT2D eigenvalue weighted by molar-refractivity contribution is 5.85. The summed E-state index contributed by atoms with van der Waals surface area (Å²) >= 11 is 0. The minimum atomic E-state index is 0. The first-order valence-electron chi connectivity index (χ1n) is 5.88. The third-order valence-electron chi connectivity index (χ3n) is 3.34. The summed E-state index contributed by atoms with van der Waals surface area (Å²) in [6.45, 7) is 2.23. The Kier molecular flexibility index (Phi) is 7.80. The van der Waals surface area contributed by atoms with Crippen molar-refractivity contribution in [3.63, 3.8) is 0 Å². The maximum atomic E-state index is 6.17. The zero-order chi connectivity index (χ0) is 10.7. The molecule has 3 atom stereocenters. The van der Waals surface area contributed by atoms with Gasteiger partial charge in [-0.2, -0.15) is 0 Å². The van der Waals surface area contributed by atoms with Crippen LogP contribution in [0.1, 0.15) is 37.8 Å². The molecule has 0 aliphatic carbocycles. The summed E-state index contributed by atoms with van der Waals surface area (Å²) in [6.07, 6.45) is 3.53. The number of nitrogens with two attached hydrogens (primary N) is 1. The Labute approximate surface area is 116 Å². The molecule has 2 nitrogen and oxygen atoms in total. The summed E-state index contributed by atoms with van der Waals surface area (Å²) in [5, 5.41) is 3.64. The van der Waals surface area contributed by atoms with E-state index in [-0.39, 0.29) is 30.9 Å². The van der Waals surface area contributed by atoms with E-state index in [0.717, 1.165) is 6.42 Å². The minimum absolute atomic E-state index is 0. The molecule has 0 bridgehead atoms. The van der Waals surface area contributed by atoms with E-state index in [0.29, 0.717) is 12.1 Å². The van der Waals surface area contributed by atoms with Crippen LogP contribution in [-0.4, -0.2) is 12.1 Å². The normalized spacial score (nSPS) is 27.8. The van der Waals surface area contributed by atoms with Crippen molar-refractivity contribution in [2.45, 2.75) is 44.3 Å². The lowest BCUT2D eigenvalue weighted by Gasteiger charge is -2.35. The van der Waals surface area contributed by atoms with Gasteiger partial charge in [-0.25, -0.2) is 0 Å². The fourth-order valence-electron chi connectivity index (χ4n) is 2.35. The predicted octanol–water partition coefficient (Wildman–Crippen LogP) is 3.06. The van der Waals surface area contributed by atoms with Crippen LogP contribution in [0.5, 0.6) is 0 Å². The number of piperidine rings is 1. The molecule has 98 valence electrons. The van der Waals surface area contributed by atoms with Gasteiger partial charge in [0, 0.05) is 18.1 Å². The largest absolute Gasteiger partial charge is 0.326 e. The minimum Gasteiger partial charge on any atom is -0.326 e. The molecule has 0 spiro atoms. The van der Waals surface area contributed by atoms with Gasteiger partial charge in [-0.05, 0) is 24.8 Å². The highest BCUT2D eigenvalue weighted by atomic mass is 35.5. The molecule has 1 fully saturated rings. The lowest BCUT2D eigenvalue weighted by atomic mass is 9.89. The van der Waals surface area contributed by atoms with E-state index in [4.69, 9.17) is 5.73 Å². The van der Waals surface area contributed by atoms with E-state index in [2.05, 4.69) is 42.6 Å². The molecule has 1 aliphatic rings. The van der Waals surface area contributed by atoms with Crippen molar-refractivity contribution in [1.29, 1.82) is 0 Å². The number of hydrogen-bond donors (Lipinski definition) is 2. The van der Waals surface area contributed by atoms with Gasteiger partial charge < -0.3 is 11.1 Å². The van der Waals surface area contributed by atoms with Crippen LogP contribution in [0.25, 0.3) is 0 Å². The summed E-state index contributed by atoms with van der Waals surface area (Å²) < 4.78 is 0. The first-order valence-corrected chi connectivity index (χ1v) is 5.88. The topological polar surface area (TPSA) is 38.0 Å². The van der Waals surface area contributed by atoms with Crippen LogP contribution in [-0.2, 0) is 0 Å². The van der Waals surface area contributed by atoms with Crippen LogP contribution in [0.15, 0.2) is 30.3 Å². The van der Waals surface area contributed by atoms with Crippen LogP contribution in [0.4, 0.5) is 0 Å². The van der Waals surface area contributed by atoms with Crippen LogP contribution in [0.2, 0.25) is 0 Å². The first-order chi connectivity index (χ1) is 7.31. The van der Waals surface area contributed by atoms with Crippen molar-refractivity contribution in [3.05, 3.63) is 35.9 Å². The molecule has 1 heterocycles. The molecule has 0 amide bonds. The Morgan fingerprint density at radius 1 is 1.18 bits per heavy atom. The maximum absolute atomic E-state index is 6.17. The molecule has 17 heavy (non-hydrogen) atoms. The first kappa shape index (κ1) is 16.7. The van der Waals surface area contributed by atoms with Crippen molar-refractivity contribution in [3.8, 4) is 0 Å². The number of halogens is 2. The van der Waals surface area contributed by atoms with Gasteiger partial charge in [-0.1, -0.05) is 37.3 Å². The molecule has 1 aromatic carbocycles. The number of hydrogen-bond acceptors (Lipinski definition) is 2. The summed E-state index contributed by atoms with van der Waals surface area (Å²) in [4.78, 5) is 0. The van der Waals surface area contributed by atoms with Crippen molar-refractivity contribution < 1.29 is 0 Å². The van der Waals surface area contributed by atoms with Gasteiger partial charge in [0.2, 0.25) is 0 Å². The van der Waals surface area contributed by atoms with E-state index < -0.39 is 0 Å². The van der Waals surface area contributed by atoms with E-state index in [1.54, 1.807) is 0 Å². The lowest BCUT2D eigenvalue weighted by molar-refractivity contribution is 0.283. The van der Waals surface area contributed by atoms with Crippen molar-refractivity contribution in [1.82, 2.24) is 5.32 Å². The SMILES string of the molecule is CC[C@@H]1CC[C@H](N)[C@H](c2ccccc2)N1.Cl.Cl. The standard InChI is InChI=1S/C13H20N2.2ClH/c1-2-11-8-9-12(14)13(15-11)10-6-4-3-5-7-10;;/h3-7,11-13,15H,2,8-9,14H2,1H3;2*1H/t11-,12+,13+;;/m1../s1. The van der Waals surface area contributed by atoms with E-state index in [9.17, 15) is 0 Å². The van der Waals surface area contributed by atoms with Gasteiger partial charge in [0.25, 0.3) is 0 Å². The number of benzene rings is 1. The zero-order valence-corrected chi connectivity index (χ0v) is 11.8. The highest BCUT2D eigenvalue weighted by Gasteiger charge is 2.27. The quantitative estimate of drug-likeness (QED) is 0.872. The van der Waals surface area contributed by atoms with Gasteiger partial charge in [0.1, 0.15) is 0 Å². The highest BCUT2D eigenvalue weighted by Crippen LogP contribution is 2.25. The van der Waals surface area contributed by atoms with Crippen molar-refractivity contribution in [2.24, 2.45) is 5.73 Å². The molecule has 0 radical (unpaired) electrons. The molecule has 2 rings (SSSR count). The second-order valence-corrected chi connectivity index (χ2v) is 4.40. The Balaban J connectivity index is 0.00000128. The third-order valence-corrected chi connectivity index (χ3v) is 3.34. The number of rotatable bonds is 2. The molecule has 1 saturated heterocycles. The van der Waals surface area contributed by atoms with Crippen LogP contribution in [0, 0.1) is 0 Å². The van der Waals surface area contributed by atoms with Crippen molar-refractivity contribution >= 4 is 24.8 Å². The van der Waals surface area contributed by atoms with E-state index in [1.807, 2.05) is 0 Å². The summed E-state index contributed by atoms with van der Waals surface area (Å²) in [5.74, 6) is 0. The Bertz CT molecular complexity index is 306. The van der Waals surface area contributed by atoms with Crippen LogP contribution < -0.4 is 11.1 Å². The van der Waals surface area contributed by atoms with Gasteiger partial charge in [0.05, 0.1) is 0 Å². The smallest absolute Gasteiger partial charge is 0.0475 e. The molecular weight excluding hydrogens is 255 g/mol. The predicted molar refractivity (Wildman–Crippen MR) is 78.1 cm³/mol. The number of nitrogens with one attached hydrogen (secondary N) is 1. The fraction of sp³-hybridized carbons (Fsp3) is 0.538. The second-order valence-electron chi connectivity index (χ2n) is 4.40. The fourth-order valence-corrected chi connectivity index (χ4v) is 2.35. The molecule has 3 N–H and O–H groups in total. The molecule has 1 aromatic rings. The van der Waals surface area contributed by atoms with Gasteiger partial charge in [0.15, 0.2) is 0 Å². The Morgan fingerprint density at radius 2 is 1.82 bits per heavy atom. The summed E-state index contributed by atoms with van der Waals surface area (Å²) in [7, 11) is 0. The average molecular weight is 277 g/mol.